The van der Waals surface area contributed by atoms with E-state index in [-0.39, 0.29) is 0 Å². The van der Waals surface area contributed by atoms with E-state index in [1.54, 1.807) is 31.2 Å². The number of H-pyrrole nitrogens is 1. The van der Waals surface area contributed by atoms with E-state index in [0.29, 0.717) is 28.9 Å². The Kier molecular flexibility index (Phi) is 2.68. The van der Waals surface area contributed by atoms with Crippen molar-refractivity contribution in [1.82, 2.24) is 4.98 Å². The Labute approximate surface area is 91.4 Å². The topological polar surface area (TPSA) is 71.5 Å². The van der Waals surface area contributed by atoms with Crippen molar-refractivity contribution in [3.8, 4) is 0 Å². The van der Waals surface area contributed by atoms with Crippen molar-refractivity contribution >= 4 is 22.6 Å². The molecule has 0 atom stereocenters. The Morgan fingerprint density at radius 3 is 3.00 bits per heavy atom. The molecular weight excluding hydrogens is 208 g/mol. The molecule has 2 aromatic rings. The van der Waals surface area contributed by atoms with Gasteiger partial charge in [-0.3, -0.25) is 0 Å². The first kappa shape index (κ1) is 10.4. The number of nitrogens with one attached hydrogen (secondary N) is 1. The van der Waals surface area contributed by atoms with Gasteiger partial charge in [-0.2, -0.15) is 0 Å². The van der Waals surface area contributed by atoms with Gasteiger partial charge >= 0.3 is 5.97 Å². The van der Waals surface area contributed by atoms with Gasteiger partial charge in [0.15, 0.2) is 0 Å². The molecule has 1 N–H and O–H groups in total. The van der Waals surface area contributed by atoms with Gasteiger partial charge in [0.1, 0.15) is 11.4 Å². The molecule has 0 aliphatic heterocycles. The fourth-order valence-electron chi connectivity index (χ4n) is 1.54. The summed E-state index contributed by atoms with van der Waals surface area (Å²) < 4.78 is 4.85. The van der Waals surface area contributed by atoms with Crippen LogP contribution in [0, 0.1) is 4.91 Å². The van der Waals surface area contributed by atoms with Crippen molar-refractivity contribution in [1.29, 1.82) is 0 Å². The normalized spacial score (nSPS) is 10.3. The third kappa shape index (κ3) is 1.67. The molecule has 5 heteroatoms. The van der Waals surface area contributed by atoms with E-state index >= 15 is 0 Å². The number of esters is 1. The first-order valence-electron chi connectivity index (χ1n) is 4.88. The molecule has 16 heavy (non-hydrogen) atoms. The number of aromatic nitrogens is 1. The molecule has 0 aliphatic rings. The van der Waals surface area contributed by atoms with Crippen LogP contribution >= 0.6 is 0 Å². The highest BCUT2D eigenvalue weighted by Gasteiger charge is 2.12. The van der Waals surface area contributed by atoms with Crippen LogP contribution in [0.5, 0.6) is 0 Å². The number of nitrogens with zero attached hydrogens (tertiary/aromatic N) is 1. The number of rotatable bonds is 3. The monoisotopic (exact) mass is 218 g/mol. The number of fused-ring (bicyclic) bond motifs is 1. The van der Waals surface area contributed by atoms with E-state index in [0.717, 1.165) is 0 Å². The van der Waals surface area contributed by atoms with Crippen molar-refractivity contribution in [3.05, 3.63) is 34.9 Å². The number of hydrogen-bond donors (Lipinski definition) is 1. The van der Waals surface area contributed by atoms with Crippen molar-refractivity contribution in [3.63, 3.8) is 0 Å². The molecule has 0 spiro atoms. The van der Waals surface area contributed by atoms with Crippen LogP contribution in [0.15, 0.2) is 29.4 Å². The molecule has 2 rings (SSSR count). The lowest BCUT2D eigenvalue weighted by molar-refractivity contribution is 0.0520. The zero-order chi connectivity index (χ0) is 11.5. The second-order valence-corrected chi connectivity index (χ2v) is 3.23. The number of carbonyl (C=O) groups excluding carboxylic acids is 1. The lowest BCUT2D eigenvalue weighted by Crippen LogP contribution is -2.04. The Morgan fingerprint density at radius 2 is 2.31 bits per heavy atom. The third-order valence-electron chi connectivity index (χ3n) is 2.23. The zero-order valence-corrected chi connectivity index (χ0v) is 8.69. The number of nitroso groups, excluding NO2 is 1. The predicted octanol–water partition coefficient (Wildman–Crippen LogP) is 2.74. The van der Waals surface area contributed by atoms with Crippen LogP contribution in [0.25, 0.3) is 10.9 Å². The lowest BCUT2D eigenvalue weighted by Gasteiger charge is -1.96. The van der Waals surface area contributed by atoms with E-state index in [9.17, 15) is 9.70 Å². The maximum atomic E-state index is 11.5. The molecule has 1 aromatic heterocycles. The second kappa shape index (κ2) is 4.14. The van der Waals surface area contributed by atoms with Crippen LogP contribution in [0.3, 0.4) is 0 Å². The lowest BCUT2D eigenvalue weighted by atomic mass is 10.2. The van der Waals surface area contributed by atoms with Crippen LogP contribution in [-0.2, 0) is 4.74 Å². The first-order valence-corrected chi connectivity index (χ1v) is 4.88. The van der Waals surface area contributed by atoms with Crippen LogP contribution in [-0.4, -0.2) is 17.6 Å². The summed E-state index contributed by atoms with van der Waals surface area (Å²) in [5, 5.41) is 3.52. The molecule has 0 saturated heterocycles. The summed E-state index contributed by atoms with van der Waals surface area (Å²) in [6.45, 7) is 2.05. The summed E-state index contributed by atoms with van der Waals surface area (Å²) >= 11 is 0. The number of hydrogen-bond acceptors (Lipinski definition) is 4. The van der Waals surface area contributed by atoms with Crippen molar-refractivity contribution < 1.29 is 9.53 Å². The van der Waals surface area contributed by atoms with Crippen LogP contribution in [0.4, 0.5) is 5.69 Å². The first-order chi connectivity index (χ1) is 7.76. The average Bonchev–Trinajstić information content (AvgIpc) is 2.72. The molecule has 1 heterocycles. The molecule has 0 bridgehead atoms. The molecule has 0 saturated carbocycles. The number of aromatic amines is 1. The Morgan fingerprint density at radius 1 is 1.50 bits per heavy atom. The molecule has 5 nitrogen and oxygen atoms in total. The van der Waals surface area contributed by atoms with Crippen LogP contribution < -0.4 is 0 Å². The number of ether oxygens (including phenoxy) is 1. The van der Waals surface area contributed by atoms with Gasteiger partial charge in [-0.05, 0) is 30.3 Å². The molecule has 0 aliphatic carbocycles. The minimum Gasteiger partial charge on any atom is -0.461 e. The SMILES string of the molecule is CCOC(=O)c1cc2c(N=O)cccc2[nH]1. The average molecular weight is 218 g/mol. The highest BCUT2D eigenvalue weighted by Crippen LogP contribution is 2.26. The smallest absolute Gasteiger partial charge is 0.354 e. The third-order valence-corrected chi connectivity index (χ3v) is 2.23. The molecule has 82 valence electrons. The van der Waals surface area contributed by atoms with Crippen molar-refractivity contribution in [2.45, 2.75) is 6.92 Å². The molecule has 0 unspecified atom stereocenters. The highest BCUT2D eigenvalue weighted by atomic mass is 16.5. The summed E-state index contributed by atoms with van der Waals surface area (Å²) in [5.74, 6) is -0.435. The van der Waals surface area contributed by atoms with Crippen LogP contribution in [0.2, 0.25) is 0 Å². The van der Waals surface area contributed by atoms with Gasteiger partial charge in [-0.25, -0.2) is 4.79 Å². The quantitative estimate of drug-likeness (QED) is 0.636. The van der Waals surface area contributed by atoms with Gasteiger partial charge < -0.3 is 9.72 Å². The van der Waals surface area contributed by atoms with Gasteiger partial charge in [-0.15, -0.1) is 4.91 Å². The highest BCUT2D eigenvalue weighted by molar-refractivity contribution is 5.99. The second-order valence-electron chi connectivity index (χ2n) is 3.23. The maximum absolute atomic E-state index is 11.5. The molecule has 1 aromatic carbocycles. The van der Waals surface area contributed by atoms with E-state index in [1.807, 2.05) is 0 Å². The van der Waals surface area contributed by atoms with Gasteiger partial charge in [0.2, 0.25) is 0 Å². The zero-order valence-electron chi connectivity index (χ0n) is 8.69. The fourth-order valence-corrected chi connectivity index (χ4v) is 1.54. The summed E-state index contributed by atoms with van der Waals surface area (Å²) in [6, 6.07) is 6.64. The van der Waals surface area contributed by atoms with Crippen molar-refractivity contribution in [2.24, 2.45) is 5.18 Å². The summed E-state index contributed by atoms with van der Waals surface area (Å²) in [6.07, 6.45) is 0. The minimum atomic E-state index is -0.435. The Balaban J connectivity index is 2.51. The number of carbonyl (C=O) groups is 1. The van der Waals surface area contributed by atoms with E-state index in [4.69, 9.17) is 4.74 Å². The van der Waals surface area contributed by atoms with Gasteiger partial charge in [0.05, 0.1) is 6.61 Å². The number of benzene rings is 1. The maximum Gasteiger partial charge on any atom is 0.354 e. The van der Waals surface area contributed by atoms with Gasteiger partial charge in [0.25, 0.3) is 0 Å². The Hall–Kier alpha value is -2.17. The standard InChI is InChI=1S/C11H10N2O3/c1-2-16-11(14)10-6-7-8(12-10)4-3-5-9(7)13-15/h3-6,12H,2H2,1H3. The fraction of sp³-hybridized carbons (Fsp3) is 0.182. The van der Waals surface area contributed by atoms with E-state index in [2.05, 4.69) is 10.2 Å². The summed E-state index contributed by atoms with van der Waals surface area (Å²) in [7, 11) is 0. The summed E-state index contributed by atoms with van der Waals surface area (Å²) in [4.78, 5) is 24.9. The molecule has 0 fully saturated rings. The summed E-state index contributed by atoms with van der Waals surface area (Å²) in [5.41, 5.74) is 1.33. The van der Waals surface area contributed by atoms with E-state index in [1.165, 1.54) is 0 Å². The van der Waals surface area contributed by atoms with Gasteiger partial charge in [0, 0.05) is 10.9 Å². The van der Waals surface area contributed by atoms with Crippen LogP contribution in [0.1, 0.15) is 17.4 Å². The Bertz CT molecular complexity index is 545. The predicted molar refractivity (Wildman–Crippen MR) is 59.7 cm³/mol. The molecular formula is C11H10N2O3. The molecule has 0 radical (unpaired) electrons. The van der Waals surface area contributed by atoms with Gasteiger partial charge in [-0.1, -0.05) is 6.07 Å². The van der Waals surface area contributed by atoms with E-state index < -0.39 is 5.97 Å². The molecule has 0 amide bonds. The van der Waals surface area contributed by atoms with Crippen molar-refractivity contribution in [2.75, 3.05) is 6.61 Å². The minimum absolute atomic E-state index is 0.310. The largest absolute Gasteiger partial charge is 0.461 e.